The minimum atomic E-state index is 0.916. The highest BCUT2D eigenvalue weighted by Gasteiger charge is 2.04. The van der Waals surface area contributed by atoms with Gasteiger partial charge >= 0.3 is 0 Å². The van der Waals surface area contributed by atoms with Gasteiger partial charge in [-0.1, -0.05) is 43.0 Å². The molecule has 0 amide bonds. The van der Waals surface area contributed by atoms with E-state index in [-0.39, 0.29) is 0 Å². The predicted octanol–water partition coefficient (Wildman–Crippen LogP) is 3.77. The van der Waals surface area contributed by atoms with Crippen molar-refractivity contribution in [3.05, 3.63) is 73.4 Å². The number of anilines is 2. The monoisotopic (exact) mass is 252 g/mol. The lowest BCUT2D eigenvalue weighted by molar-refractivity contribution is 0.854. The molecular formula is C17H20N2. The Bertz CT molecular complexity index is 493. The molecule has 0 saturated heterocycles. The van der Waals surface area contributed by atoms with Crippen molar-refractivity contribution in [1.29, 1.82) is 0 Å². The van der Waals surface area contributed by atoms with Crippen LogP contribution in [0.1, 0.15) is 0 Å². The van der Waals surface area contributed by atoms with Crippen LogP contribution in [0.3, 0.4) is 0 Å². The molecule has 0 aliphatic heterocycles. The fourth-order valence-electron chi connectivity index (χ4n) is 2.01. The number of nitrogens with zero attached hydrogens (tertiary/aromatic N) is 2. The molecule has 0 aromatic heterocycles. The Labute approximate surface area is 115 Å². The molecule has 2 nitrogen and oxygen atoms in total. The van der Waals surface area contributed by atoms with Crippen molar-refractivity contribution >= 4 is 11.4 Å². The van der Waals surface area contributed by atoms with Crippen molar-refractivity contribution < 1.29 is 0 Å². The highest BCUT2D eigenvalue weighted by molar-refractivity contribution is 5.50. The first-order chi connectivity index (χ1) is 9.31. The Hall–Kier alpha value is -2.22. The molecule has 0 aliphatic rings. The quantitative estimate of drug-likeness (QED) is 0.772. The fraction of sp³-hybridized carbons (Fsp3) is 0.176. The predicted molar refractivity (Wildman–Crippen MR) is 83.7 cm³/mol. The van der Waals surface area contributed by atoms with Crippen molar-refractivity contribution in [2.45, 2.75) is 0 Å². The molecule has 0 radical (unpaired) electrons. The molecule has 0 spiro atoms. The Balaban J connectivity index is 1.96. The molecule has 0 N–H and O–H groups in total. The van der Waals surface area contributed by atoms with Crippen LogP contribution in [0.2, 0.25) is 0 Å². The molecule has 0 atom stereocenters. The van der Waals surface area contributed by atoms with Gasteiger partial charge in [-0.15, -0.1) is 0 Å². The lowest BCUT2D eigenvalue weighted by Gasteiger charge is -2.25. The molecule has 0 aliphatic carbocycles. The Morgan fingerprint density at radius 3 is 1.89 bits per heavy atom. The average Bonchev–Trinajstić information content (AvgIpc) is 2.49. The van der Waals surface area contributed by atoms with Crippen molar-refractivity contribution in [3.8, 4) is 0 Å². The molecule has 2 aromatic rings. The average molecular weight is 252 g/mol. The Kier molecular flexibility index (Phi) is 4.62. The van der Waals surface area contributed by atoms with Gasteiger partial charge in [-0.05, 0) is 30.5 Å². The zero-order chi connectivity index (χ0) is 13.5. The van der Waals surface area contributed by atoms with E-state index in [9.17, 15) is 0 Å². The summed E-state index contributed by atoms with van der Waals surface area (Å²) in [6.07, 6.45) is 1.88. The van der Waals surface area contributed by atoms with Crippen LogP contribution in [0.15, 0.2) is 73.4 Å². The molecule has 2 heteroatoms. The lowest BCUT2D eigenvalue weighted by Crippen LogP contribution is -2.29. The van der Waals surface area contributed by atoms with Crippen LogP contribution >= 0.6 is 0 Å². The summed E-state index contributed by atoms with van der Waals surface area (Å²) in [5.41, 5.74) is 2.42. The lowest BCUT2D eigenvalue weighted by atomic mass is 10.3. The minimum absolute atomic E-state index is 0.916. The number of benzene rings is 2. The van der Waals surface area contributed by atoms with E-state index in [0.717, 1.165) is 13.1 Å². The maximum atomic E-state index is 3.90. The number of rotatable bonds is 6. The molecule has 0 heterocycles. The molecular weight excluding hydrogens is 232 g/mol. The summed E-state index contributed by atoms with van der Waals surface area (Å²) in [5.74, 6) is 0. The third-order valence-corrected chi connectivity index (χ3v) is 3.18. The van der Waals surface area contributed by atoms with Gasteiger partial charge in [-0.3, -0.25) is 0 Å². The van der Waals surface area contributed by atoms with Gasteiger partial charge in [0.25, 0.3) is 0 Å². The van der Waals surface area contributed by atoms with Crippen molar-refractivity contribution in [2.24, 2.45) is 0 Å². The van der Waals surface area contributed by atoms with E-state index >= 15 is 0 Å². The molecule has 0 fully saturated rings. The Morgan fingerprint density at radius 2 is 1.37 bits per heavy atom. The van der Waals surface area contributed by atoms with Gasteiger partial charge in [0.05, 0.1) is 0 Å². The van der Waals surface area contributed by atoms with Crippen molar-refractivity contribution in [2.75, 3.05) is 29.9 Å². The normalized spacial score (nSPS) is 9.95. The fourth-order valence-corrected chi connectivity index (χ4v) is 2.01. The van der Waals surface area contributed by atoms with E-state index in [0.29, 0.717) is 0 Å². The summed E-state index contributed by atoms with van der Waals surface area (Å²) in [7, 11) is 2.11. The van der Waals surface area contributed by atoms with E-state index in [2.05, 4.69) is 59.8 Å². The van der Waals surface area contributed by atoms with Crippen LogP contribution in [0.4, 0.5) is 11.4 Å². The second-order valence-corrected chi connectivity index (χ2v) is 4.47. The van der Waals surface area contributed by atoms with E-state index in [4.69, 9.17) is 0 Å². The van der Waals surface area contributed by atoms with Gasteiger partial charge in [0, 0.05) is 31.5 Å². The summed E-state index contributed by atoms with van der Waals surface area (Å²) in [6, 6.07) is 20.7. The largest absolute Gasteiger partial charge is 0.373 e. The summed E-state index contributed by atoms with van der Waals surface area (Å²) in [6.45, 7) is 5.76. The van der Waals surface area contributed by atoms with Crippen molar-refractivity contribution in [1.82, 2.24) is 0 Å². The maximum absolute atomic E-state index is 3.90. The van der Waals surface area contributed by atoms with E-state index in [1.165, 1.54) is 11.4 Å². The van der Waals surface area contributed by atoms with Crippen LogP contribution in [-0.4, -0.2) is 20.1 Å². The molecule has 0 unspecified atom stereocenters. The maximum Gasteiger partial charge on any atom is 0.0406 e. The smallest absolute Gasteiger partial charge is 0.0406 e. The third kappa shape index (κ3) is 3.62. The second-order valence-electron chi connectivity index (χ2n) is 4.47. The number of likely N-dealkylation sites (N-methyl/N-ethyl adjacent to an activating group) is 1. The van der Waals surface area contributed by atoms with Gasteiger partial charge in [-0.2, -0.15) is 0 Å². The third-order valence-electron chi connectivity index (χ3n) is 3.18. The summed E-state index contributed by atoms with van der Waals surface area (Å²) < 4.78 is 0. The van der Waals surface area contributed by atoms with E-state index in [1.54, 1.807) is 0 Å². The summed E-state index contributed by atoms with van der Waals surface area (Å²) in [5, 5.41) is 0. The summed E-state index contributed by atoms with van der Waals surface area (Å²) in [4.78, 5) is 4.42. The van der Waals surface area contributed by atoms with Crippen LogP contribution in [0.5, 0.6) is 0 Å². The number of hydrogen-bond acceptors (Lipinski definition) is 2. The van der Waals surface area contributed by atoms with Gasteiger partial charge in [0.15, 0.2) is 0 Å². The van der Waals surface area contributed by atoms with Crippen molar-refractivity contribution in [3.63, 3.8) is 0 Å². The number of hydrogen-bond donors (Lipinski definition) is 0. The van der Waals surface area contributed by atoms with Gasteiger partial charge in [0.2, 0.25) is 0 Å². The van der Waals surface area contributed by atoms with E-state index < -0.39 is 0 Å². The van der Waals surface area contributed by atoms with Crippen LogP contribution < -0.4 is 9.80 Å². The van der Waals surface area contributed by atoms with Crippen LogP contribution in [-0.2, 0) is 0 Å². The summed E-state index contributed by atoms with van der Waals surface area (Å²) >= 11 is 0. The highest BCUT2D eigenvalue weighted by atomic mass is 15.2. The molecule has 0 bridgehead atoms. The standard InChI is InChI=1S/C17H20N2/c1-3-19(17-12-8-5-9-13-17)15-14-18(2)16-10-6-4-7-11-16/h3-13H,1,14-15H2,2H3. The van der Waals surface area contributed by atoms with E-state index in [1.807, 2.05) is 30.5 Å². The molecule has 2 aromatic carbocycles. The Morgan fingerprint density at radius 1 is 0.842 bits per heavy atom. The SMILES string of the molecule is C=CN(CCN(C)c1ccccc1)c1ccccc1. The first-order valence-corrected chi connectivity index (χ1v) is 6.51. The van der Waals surface area contributed by atoms with Gasteiger partial charge < -0.3 is 9.80 Å². The van der Waals surface area contributed by atoms with Crippen LogP contribution in [0, 0.1) is 0 Å². The molecule has 0 saturated carbocycles. The van der Waals surface area contributed by atoms with Gasteiger partial charge in [0.1, 0.15) is 0 Å². The zero-order valence-electron chi connectivity index (χ0n) is 11.4. The number of para-hydroxylation sites is 2. The second kappa shape index (κ2) is 6.64. The topological polar surface area (TPSA) is 6.48 Å². The molecule has 19 heavy (non-hydrogen) atoms. The first kappa shape index (κ1) is 13.2. The molecule has 98 valence electrons. The highest BCUT2D eigenvalue weighted by Crippen LogP contribution is 2.15. The van der Waals surface area contributed by atoms with Crippen LogP contribution in [0.25, 0.3) is 0 Å². The van der Waals surface area contributed by atoms with Gasteiger partial charge in [-0.25, -0.2) is 0 Å². The minimum Gasteiger partial charge on any atom is -0.373 e. The zero-order valence-corrected chi connectivity index (χ0v) is 11.4. The first-order valence-electron chi connectivity index (χ1n) is 6.51. The molecule has 2 rings (SSSR count).